The lowest BCUT2D eigenvalue weighted by Gasteiger charge is -2.51. The Morgan fingerprint density at radius 2 is 1.93 bits per heavy atom. The van der Waals surface area contributed by atoms with Crippen molar-refractivity contribution in [3.63, 3.8) is 0 Å². The molecule has 0 spiro atoms. The molecule has 1 heterocycles. The Morgan fingerprint density at radius 3 is 2.66 bits per heavy atom. The standard InChI is InChI=1S/C26H33NO2/c1-29-24-13-11-22(12-14-24)17-25-23-10-5-15-26(25,20-28)19-27(18-23)16-6-9-21-7-3-2-4-8-21/h2-4,7-8,11-14,17,23,28H,5-6,9-10,15-16,18-20H2,1H3/t23-,26+/m1/s1. The summed E-state index contributed by atoms with van der Waals surface area (Å²) in [6, 6.07) is 19.1. The molecule has 3 heteroatoms. The predicted molar refractivity (Wildman–Crippen MR) is 119 cm³/mol. The Kier molecular flexibility index (Phi) is 6.37. The van der Waals surface area contributed by atoms with E-state index in [1.165, 1.54) is 36.0 Å². The molecule has 3 nitrogen and oxygen atoms in total. The zero-order valence-electron chi connectivity index (χ0n) is 17.5. The van der Waals surface area contributed by atoms with E-state index < -0.39 is 0 Å². The van der Waals surface area contributed by atoms with Gasteiger partial charge in [0, 0.05) is 18.5 Å². The number of aryl methyl sites for hydroxylation is 1. The van der Waals surface area contributed by atoms with Crippen LogP contribution in [-0.4, -0.2) is 43.4 Å². The molecule has 29 heavy (non-hydrogen) atoms. The molecule has 1 aliphatic carbocycles. The van der Waals surface area contributed by atoms with Crippen LogP contribution >= 0.6 is 0 Å². The van der Waals surface area contributed by atoms with Crippen LogP contribution in [0.25, 0.3) is 6.08 Å². The summed E-state index contributed by atoms with van der Waals surface area (Å²) in [5.74, 6) is 1.45. The molecule has 1 saturated heterocycles. The number of methoxy groups -OCH3 is 1. The first kappa shape index (κ1) is 20.2. The topological polar surface area (TPSA) is 32.7 Å². The molecule has 2 atom stereocenters. The summed E-state index contributed by atoms with van der Waals surface area (Å²) in [4.78, 5) is 2.61. The average Bonchev–Trinajstić information content (AvgIpc) is 2.75. The molecule has 1 aliphatic heterocycles. The highest BCUT2D eigenvalue weighted by molar-refractivity contribution is 5.57. The van der Waals surface area contributed by atoms with E-state index >= 15 is 0 Å². The first-order valence-corrected chi connectivity index (χ1v) is 11.0. The molecule has 2 aromatic rings. The Bertz CT molecular complexity index is 814. The third-order valence-electron chi connectivity index (χ3n) is 6.79. The highest BCUT2D eigenvalue weighted by Crippen LogP contribution is 2.49. The lowest BCUT2D eigenvalue weighted by Crippen LogP contribution is -2.53. The van der Waals surface area contributed by atoms with Gasteiger partial charge >= 0.3 is 0 Å². The first-order valence-electron chi connectivity index (χ1n) is 11.0. The number of fused-ring (bicyclic) bond motifs is 2. The van der Waals surface area contributed by atoms with Crippen molar-refractivity contribution in [1.82, 2.24) is 4.90 Å². The Labute approximate surface area is 175 Å². The summed E-state index contributed by atoms with van der Waals surface area (Å²) in [5, 5.41) is 10.5. The molecule has 0 aromatic heterocycles. The van der Waals surface area contributed by atoms with Crippen molar-refractivity contribution >= 4 is 6.08 Å². The van der Waals surface area contributed by atoms with Crippen LogP contribution < -0.4 is 4.74 Å². The van der Waals surface area contributed by atoms with Gasteiger partial charge in [0.05, 0.1) is 13.7 Å². The fourth-order valence-electron chi connectivity index (χ4n) is 5.28. The third-order valence-corrected chi connectivity index (χ3v) is 6.79. The lowest BCUT2D eigenvalue weighted by molar-refractivity contribution is 0.0253. The number of hydrogen-bond donors (Lipinski definition) is 1. The van der Waals surface area contributed by atoms with Crippen LogP contribution in [0.1, 0.15) is 36.8 Å². The fourth-order valence-corrected chi connectivity index (χ4v) is 5.28. The van der Waals surface area contributed by atoms with Crippen LogP contribution in [0.2, 0.25) is 0 Å². The number of benzene rings is 2. The van der Waals surface area contributed by atoms with E-state index in [2.05, 4.69) is 53.4 Å². The van der Waals surface area contributed by atoms with Crippen molar-refractivity contribution in [2.45, 2.75) is 32.1 Å². The van der Waals surface area contributed by atoms with Gasteiger partial charge in [-0.2, -0.15) is 0 Å². The van der Waals surface area contributed by atoms with Crippen LogP contribution in [0.5, 0.6) is 5.75 Å². The average molecular weight is 392 g/mol. The van der Waals surface area contributed by atoms with E-state index in [0.717, 1.165) is 38.2 Å². The number of aliphatic hydroxyl groups is 1. The van der Waals surface area contributed by atoms with Crippen LogP contribution in [-0.2, 0) is 6.42 Å². The van der Waals surface area contributed by atoms with Crippen LogP contribution in [0.15, 0.2) is 60.2 Å². The zero-order valence-corrected chi connectivity index (χ0v) is 17.5. The normalized spacial score (nSPS) is 25.9. The molecule has 1 saturated carbocycles. The van der Waals surface area contributed by atoms with Gasteiger partial charge < -0.3 is 14.7 Å². The van der Waals surface area contributed by atoms with Crippen molar-refractivity contribution in [2.24, 2.45) is 11.3 Å². The quantitative estimate of drug-likeness (QED) is 0.735. The van der Waals surface area contributed by atoms with Crippen LogP contribution in [0, 0.1) is 11.3 Å². The largest absolute Gasteiger partial charge is 0.497 e. The minimum absolute atomic E-state index is 0.0756. The number of likely N-dealkylation sites (tertiary alicyclic amines) is 1. The fraction of sp³-hybridized carbons (Fsp3) is 0.462. The minimum atomic E-state index is -0.0756. The van der Waals surface area contributed by atoms with E-state index in [0.29, 0.717) is 5.92 Å². The molecular weight excluding hydrogens is 358 g/mol. The summed E-state index contributed by atoms with van der Waals surface area (Å²) in [7, 11) is 1.70. The molecule has 2 fully saturated rings. The maximum absolute atomic E-state index is 10.5. The second-order valence-corrected chi connectivity index (χ2v) is 8.72. The van der Waals surface area contributed by atoms with Crippen molar-refractivity contribution in [3.05, 3.63) is 71.3 Å². The molecule has 154 valence electrons. The van der Waals surface area contributed by atoms with Crippen molar-refractivity contribution in [1.29, 1.82) is 0 Å². The number of hydrogen-bond acceptors (Lipinski definition) is 3. The van der Waals surface area contributed by atoms with Gasteiger partial charge in [-0.05, 0) is 61.4 Å². The number of rotatable bonds is 7. The molecule has 2 aliphatic rings. The summed E-state index contributed by atoms with van der Waals surface area (Å²) in [6.45, 7) is 3.47. The van der Waals surface area contributed by atoms with Gasteiger partial charge in [-0.25, -0.2) is 0 Å². The number of ether oxygens (including phenoxy) is 1. The van der Waals surface area contributed by atoms with Crippen LogP contribution in [0.4, 0.5) is 0 Å². The summed E-state index contributed by atoms with van der Waals surface area (Å²) >= 11 is 0. The highest BCUT2D eigenvalue weighted by atomic mass is 16.5. The summed E-state index contributed by atoms with van der Waals surface area (Å²) in [5.41, 5.74) is 4.02. The molecule has 4 rings (SSSR count). The van der Waals surface area contributed by atoms with Gasteiger partial charge in [-0.1, -0.05) is 60.5 Å². The maximum atomic E-state index is 10.5. The monoisotopic (exact) mass is 391 g/mol. The molecule has 0 amide bonds. The van der Waals surface area contributed by atoms with Gasteiger partial charge in [0.15, 0.2) is 0 Å². The minimum Gasteiger partial charge on any atom is -0.497 e. The third kappa shape index (κ3) is 4.57. The van der Waals surface area contributed by atoms with Crippen molar-refractivity contribution in [2.75, 3.05) is 33.4 Å². The predicted octanol–water partition coefficient (Wildman–Crippen LogP) is 4.81. The van der Waals surface area contributed by atoms with Crippen molar-refractivity contribution < 1.29 is 9.84 Å². The molecule has 2 aromatic carbocycles. The molecule has 2 bridgehead atoms. The van der Waals surface area contributed by atoms with E-state index in [1.54, 1.807) is 7.11 Å². The SMILES string of the molecule is COc1ccc(C=C2[C@@H]3CCC[C@@]2(CO)CN(CCCc2ccccc2)C3)cc1. The summed E-state index contributed by atoms with van der Waals surface area (Å²) < 4.78 is 5.29. The Hall–Kier alpha value is -2.10. The lowest BCUT2D eigenvalue weighted by atomic mass is 9.62. The first-order chi connectivity index (χ1) is 14.2. The smallest absolute Gasteiger partial charge is 0.118 e. The van der Waals surface area contributed by atoms with Gasteiger partial charge in [-0.15, -0.1) is 0 Å². The van der Waals surface area contributed by atoms with Crippen molar-refractivity contribution in [3.8, 4) is 5.75 Å². The van der Waals surface area contributed by atoms with Gasteiger partial charge in [-0.3, -0.25) is 0 Å². The van der Waals surface area contributed by atoms with E-state index in [-0.39, 0.29) is 12.0 Å². The molecule has 0 radical (unpaired) electrons. The number of aliphatic hydroxyl groups excluding tert-OH is 1. The molecule has 1 N–H and O–H groups in total. The number of nitrogens with zero attached hydrogens (tertiary/aromatic N) is 1. The number of piperidine rings is 1. The van der Waals surface area contributed by atoms with E-state index in [1.807, 2.05) is 12.1 Å². The summed E-state index contributed by atoms with van der Waals surface area (Å²) in [6.07, 6.45) is 8.21. The highest BCUT2D eigenvalue weighted by Gasteiger charge is 2.45. The molecule has 0 unspecified atom stereocenters. The second kappa shape index (κ2) is 9.15. The van der Waals surface area contributed by atoms with E-state index in [4.69, 9.17) is 4.74 Å². The van der Waals surface area contributed by atoms with Gasteiger partial charge in [0.2, 0.25) is 0 Å². The Morgan fingerprint density at radius 1 is 1.14 bits per heavy atom. The second-order valence-electron chi connectivity index (χ2n) is 8.72. The zero-order chi connectivity index (χ0) is 20.1. The molecular formula is C26H33NO2. The van der Waals surface area contributed by atoms with Gasteiger partial charge in [0.1, 0.15) is 5.75 Å². The maximum Gasteiger partial charge on any atom is 0.118 e. The Balaban J connectivity index is 1.47. The van der Waals surface area contributed by atoms with Gasteiger partial charge in [0.25, 0.3) is 0 Å². The van der Waals surface area contributed by atoms with Crippen LogP contribution in [0.3, 0.4) is 0 Å². The van der Waals surface area contributed by atoms with E-state index in [9.17, 15) is 5.11 Å².